The molecule has 0 heterocycles. The summed E-state index contributed by atoms with van der Waals surface area (Å²) < 4.78 is 52.2. The number of benzene rings is 2. The van der Waals surface area contributed by atoms with Crippen molar-refractivity contribution in [3.63, 3.8) is 0 Å². The SMILES string of the molecule is CS(=O)(=O)N(CCC(=O)Nc1cccc(C#N)c1)c1c(F)cccc1F. The predicted octanol–water partition coefficient (Wildman–Crippen LogP) is 2.63. The van der Waals surface area contributed by atoms with E-state index in [0.717, 1.165) is 24.5 Å². The van der Waals surface area contributed by atoms with Gasteiger partial charge in [0.05, 0.1) is 17.9 Å². The monoisotopic (exact) mass is 379 g/mol. The van der Waals surface area contributed by atoms with Crippen molar-refractivity contribution in [1.29, 1.82) is 5.26 Å². The number of halogens is 2. The molecule has 0 aliphatic carbocycles. The Hall–Kier alpha value is -2.99. The average molecular weight is 379 g/mol. The van der Waals surface area contributed by atoms with Crippen LogP contribution in [0.2, 0.25) is 0 Å². The highest BCUT2D eigenvalue weighted by atomic mass is 32.2. The molecule has 9 heteroatoms. The minimum Gasteiger partial charge on any atom is -0.326 e. The van der Waals surface area contributed by atoms with E-state index in [1.54, 1.807) is 18.2 Å². The molecule has 0 saturated heterocycles. The summed E-state index contributed by atoms with van der Waals surface area (Å²) in [6, 6.07) is 11.0. The van der Waals surface area contributed by atoms with Gasteiger partial charge in [-0.2, -0.15) is 5.26 Å². The van der Waals surface area contributed by atoms with E-state index >= 15 is 0 Å². The highest BCUT2D eigenvalue weighted by Gasteiger charge is 2.25. The van der Waals surface area contributed by atoms with Gasteiger partial charge in [0.1, 0.15) is 5.69 Å². The number of hydrogen-bond acceptors (Lipinski definition) is 4. The van der Waals surface area contributed by atoms with Gasteiger partial charge >= 0.3 is 0 Å². The van der Waals surface area contributed by atoms with Gasteiger partial charge in [0.15, 0.2) is 11.6 Å². The van der Waals surface area contributed by atoms with Crippen LogP contribution < -0.4 is 9.62 Å². The van der Waals surface area contributed by atoms with Crippen molar-refractivity contribution in [2.24, 2.45) is 0 Å². The Labute approximate surface area is 149 Å². The van der Waals surface area contributed by atoms with Gasteiger partial charge in [-0.25, -0.2) is 17.2 Å². The minimum atomic E-state index is -4.01. The summed E-state index contributed by atoms with van der Waals surface area (Å²) in [5.41, 5.74) is -0.0275. The third kappa shape index (κ3) is 4.77. The van der Waals surface area contributed by atoms with E-state index in [0.29, 0.717) is 15.6 Å². The van der Waals surface area contributed by atoms with Crippen molar-refractivity contribution in [3.05, 3.63) is 59.7 Å². The molecule has 0 saturated carbocycles. The van der Waals surface area contributed by atoms with Crippen LogP contribution in [0.25, 0.3) is 0 Å². The van der Waals surface area contributed by atoms with Crippen molar-refractivity contribution >= 4 is 27.3 Å². The first-order valence-corrected chi connectivity index (χ1v) is 9.29. The molecule has 0 spiro atoms. The van der Waals surface area contributed by atoms with Gasteiger partial charge < -0.3 is 5.32 Å². The van der Waals surface area contributed by atoms with Crippen LogP contribution in [0.15, 0.2) is 42.5 Å². The number of nitriles is 1. The van der Waals surface area contributed by atoms with Crippen molar-refractivity contribution < 1.29 is 22.0 Å². The second kappa shape index (κ2) is 7.93. The first kappa shape index (κ1) is 19.3. The minimum absolute atomic E-state index is 0.336. The van der Waals surface area contributed by atoms with Crippen LogP contribution >= 0.6 is 0 Å². The van der Waals surface area contributed by atoms with E-state index in [4.69, 9.17) is 5.26 Å². The van der Waals surface area contributed by atoms with Crippen LogP contribution in [0.5, 0.6) is 0 Å². The second-order valence-corrected chi connectivity index (χ2v) is 7.30. The molecule has 6 nitrogen and oxygen atoms in total. The fourth-order valence-electron chi connectivity index (χ4n) is 2.26. The quantitative estimate of drug-likeness (QED) is 0.835. The maximum Gasteiger partial charge on any atom is 0.232 e. The summed E-state index contributed by atoms with van der Waals surface area (Å²) in [6.45, 7) is -0.444. The van der Waals surface area contributed by atoms with Gasteiger partial charge in [-0.1, -0.05) is 12.1 Å². The highest BCUT2D eigenvalue weighted by Crippen LogP contribution is 2.25. The van der Waals surface area contributed by atoms with E-state index in [1.165, 1.54) is 6.07 Å². The number of carbonyl (C=O) groups excluding carboxylic acids is 1. The molecule has 2 aromatic carbocycles. The van der Waals surface area contributed by atoms with Crippen LogP contribution in [0.1, 0.15) is 12.0 Å². The second-order valence-electron chi connectivity index (χ2n) is 5.40. The fraction of sp³-hybridized carbons (Fsp3) is 0.176. The molecule has 0 radical (unpaired) electrons. The lowest BCUT2D eigenvalue weighted by atomic mass is 10.2. The van der Waals surface area contributed by atoms with Gasteiger partial charge in [0.2, 0.25) is 15.9 Å². The maximum atomic E-state index is 13.9. The Morgan fingerprint density at radius 1 is 1.19 bits per heavy atom. The molecule has 0 aromatic heterocycles. The lowest BCUT2D eigenvalue weighted by Gasteiger charge is -2.23. The summed E-state index contributed by atoms with van der Waals surface area (Å²) in [6.07, 6.45) is 0.463. The zero-order valence-corrected chi connectivity index (χ0v) is 14.6. The molecule has 0 aliphatic heterocycles. The summed E-state index contributed by atoms with van der Waals surface area (Å²) in [5.74, 6) is -2.65. The molecular weight excluding hydrogens is 364 g/mol. The molecule has 0 atom stereocenters. The van der Waals surface area contributed by atoms with Gasteiger partial charge in [0.25, 0.3) is 0 Å². The largest absolute Gasteiger partial charge is 0.326 e. The van der Waals surface area contributed by atoms with E-state index < -0.39 is 39.8 Å². The third-order valence-corrected chi connectivity index (χ3v) is 4.57. The van der Waals surface area contributed by atoms with Crippen LogP contribution in [-0.2, 0) is 14.8 Å². The normalized spacial score (nSPS) is 10.8. The summed E-state index contributed by atoms with van der Waals surface area (Å²) >= 11 is 0. The van der Waals surface area contributed by atoms with Crippen LogP contribution in [0.4, 0.5) is 20.2 Å². The Bertz CT molecular complexity index is 951. The number of carbonyl (C=O) groups is 1. The highest BCUT2D eigenvalue weighted by molar-refractivity contribution is 7.92. The zero-order chi connectivity index (χ0) is 19.3. The summed E-state index contributed by atoms with van der Waals surface area (Å²) in [4.78, 5) is 12.0. The molecule has 1 amide bonds. The molecule has 1 N–H and O–H groups in total. The van der Waals surface area contributed by atoms with E-state index in [-0.39, 0.29) is 6.42 Å². The van der Waals surface area contributed by atoms with E-state index in [2.05, 4.69) is 5.32 Å². The first-order chi connectivity index (χ1) is 12.2. The zero-order valence-electron chi connectivity index (χ0n) is 13.7. The fourth-order valence-corrected chi connectivity index (χ4v) is 3.19. The topological polar surface area (TPSA) is 90.3 Å². The number of amides is 1. The molecular formula is C17H15F2N3O3S. The number of rotatable bonds is 6. The van der Waals surface area contributed by atoms with E-state index in [9.17, 15) is 22.0 Å². The standard InChI is InChI=1S/C17H15F2N3O3S/c1-26(24,25)22(17-14(18)6-3-7-15(17)19)9-8-16(23)21-13-5-2-4-12(10-13)11-20/h2-7,10H,8-9H2,1H3,(H,21,23). The molecule has 0 aliphatic rings. The van der Waals surface area contributed by atoms with Gasteiger partial charge in [-0.3, -0.25) is 9.10 Å². The Morgan fingerprint density at radius 2 is 1.81 bits per heavy atom. The Balaban J connectivity index is 2.15. The lowest BCUT2D eigenvalue weighted by Crippen LogP contribution is -2.34. The maximum absolute atomic E-state index is 13.9. The van der Waals surface area contributed by atoms with Crippen molar-refractivity contribution in [3.8, 4) is 6.07 Å². The third-order valence-electron chi connectivity index (χ3n) is 3.40. The van der Waals surface area contributed by atoms with Crippen LogP contribution in [0.3, 0.4) is 0 Å². The summed E-state index contributed by atoms with van der Waals surface area (Å²) in [5, 5.41) is 11.3. The van der Waals surface area contributed by atoms with Crippen LogP contribution in [0, 0.1) is 23.0 Å². The predicted molar refractivity (Wildman–Crippen MR) is 93.0 cm³/mol. The molecule has 0 unspecified atom stereocenters. The van der Waals surface area contributed by atoms with Gasteiger partial charge in [-0.15, -0.1) is 0 Å². The van der Waals surface area contributed by atoms with Crippen molar-refractivity contribution in [2.75, 3.05) is 22.4 Å². The molecule has 2 rings (SSSR count). The number of hydrogen-bond donors (Lipinski definition) is 1. The number of anilines is 2. The number of para-hydroxylation sites is 1. The number of nitrogens with zero attached hydrogens (tertiary/aromatic N) is 2. The molecule has 26 heavy (non-hydrogen) atoms. The van der Waals surface area contributed by atoms with Crippen molar-refractivity contribution in [2.45, 2.75) is 6.42 Å². The van der Waals surface area contributed by atoms with E-state index in [1.807, 2.05) is 6.07 Å². The first-order valence-electron chi connectivity index (χ1n) is 7.44. The van der Waals surface area contributed by atoms with Crippen molar-refractivity contribution in [1.82, 2.24) is 0 Å². The summed E-state index contributed by atoms with van der Waals surface area (Å²) in [7, 11) is -4.01. The number of nitrogens with one attached hydrogen (secondary N) is 1. The van der Waals surface area contributed by atoms with Gasteiger partial charge in [-0.05, 0) is 30.3 Å². The molecule has 2 aromatic rings. The average Bonchev–Trinajstić information content (AvgIpc) is 2.56. The lowest BCUT2D eigenvalue weighted by molar-refractivity contribution is -0.116. The van der Waals surface area contributed by atoms with Crippen LogP contribution in [-0.4, -0.2) is 27.1 Å². The smallest absolute Gasteiger partial charge is 0.232 e. The molecule has 0 bridgehead atoms. The Kier molecular flexibility index (Phi) is 5.90. The Morgan fingerprint density at radius 3 is 2.38 bits per heavy atom. The number of sulfonamides is 1. The molecule has 136 valence electrons. The molecule has 0 fully saturated rings. The van der Waals surface area contributed by atoms with Gasteiger partial charge in [0, 0.05) is 18.7 Å².